The first-order valence-electron chi connectivity index (χ1n) is 14.4. The molecular formula is C36H34N4O5. The van der Waals surface area contributed by atoms with E-state index in [0.717, 1.165) is 28.0 Å². The van der Waals surface area contributed by atoms with Crippen molar-refractivity contribution in [2.24, 2.45) is 5.10 Å². The summed E-state index contributed by atoms with van der Waals surface area (Å²) < 4.78 is 24.4. The van der Waals surface area contributed by atoms with Gasteiger partial charge in [0.15, 0.2) is 17.3 Å². The molecule has 9 nitrogen and oxygen atoms in total. The summed E-state index contributed by atoms with van der Waals surface area (Å²) >= 11 is 0. The molecule has 4 aromatic carbocycles. The molecule has 0 N–H and O–H groups in total. The van der Waals surface area contributed by atoms with Crippen molar-refractivity contribution in [3.05, 3.63) is 111 Å². The standard InChI is InChI=1S/C36H34N4O5/c1-22(2)28-18-29(23(3)15-31(28)42-4)35-39-30-14-10-9-13-27(30)36(41)40(35)38-20-24-16-32(43-5)34(33(17-24)44-6)45-21-26-12-8-7-11-25(26)19-37/h7-18,20,22H,21H2,1-6H3. The summed E-state index contributed by atoms with van der Waals surface area (Å²) in [7, 11) is 4.71. The Morgan fingerprint density at radius 3 is 2.27 bits per heavy atom. The van der Waals surface area contributed by atoms with Gasteiger partial charge in [-0.1, -0.05) is 44.2 Å². The van der Waals surface area contributed by atoms with E-state index in [4.69, 9.17) is 23.9 Å². The maximum absolute atomic E-state index is 13.9. The summed E-state index contributed by atoms with van der Waals surface area (Å²) in [6, 6.07) is 24.1. The van der Waals surface area contributed by atoms with E-state index in [1.165, 1.54) is 18.9 Å². The fraction of sp³-hybridized carbons (Fsp3) is 0.222. The van der Waals surface area contributed by atoms with Crippen LogP contribution in [0, 0.1) is 18.3 Å². The van der Waals surface area contributed by atoms with Gasteiger partial charge in [-0.2, -0.15) is 15.0 Å². The Balaban J connectivity index is 1.61. The van der Waals surface area contributed by atoms with Gasteiger partial charge in [0, 0.05) is 16.7 Å². The van der Waals surface area contributed by atoms with Crippen molar-refractivity contribution in [3.8, 4) is 40.5 Å². The number of hydrogen-bond acceptors (Lipinski definition) is 8. The second-order valence-electron chi connectivity index (χ2n) is 10.7. The molecule has 0 saturated heterocycles. The minimum atomic E-state index is -0.303. The van der Waals surface area contributed by atoms with Crippen molar-refractivity contribution in [1.82, 2.24) is 9.66 Å². The number of methoxy groups -OCH3 is 3. The molecule has 5 rings (SSSR count). The molecule has 0 saturated carbocycles. The van der Waals surface area contributed by atoms with Crippen LogP contribution in [-0.2, 0) is 6.61 Å². The van der Waals surface area contributed by atoms with Crippen LogP contribution in [0.3, 0.4) is 0 Å². The Labute approximate surface area is 261 Å². The van der Waals surface area contributed by atoms with Gasteiger partial charge < -0.3 is 18.9 Å². The molecule has 0 unspecified atom stereocenters. The fourth-order valence-electron chi connectivity index (χ4n) is 5.12. The molecule has 0 bridgehead atoms. The van der Waals surface area contributed by atoms with Gasteiger partial charge in [0.25, 0.3) is 5.56 Å². The topological polar surface area (TPSA) is 108 Å². The lowest BCUT2D eigenvalue weighted by atomic mass is 9.96. The smallest absolute Gasteiger partial charge is 0.282 e. The maximum atomic E-state index is 13.9. The van der Waals surface area contributed by atoms with E-state index in [9.17, 15) is 10.1 Å². The summed E-state index contributed by atoms with van der Waals surface area (Å²) in [6.07, 6.45) is 1.56. The average molecular weight is 603 g/mol. The van der Waals surface area contributed by atoms with E-state index in [2.05, 4.69) is 25.0 Å². The predicted octanol–water partition coefficient (Wildman–Crippen LogP) is 6.85. The molecule has 1 heterocycles. The molecule has 45 heavy (non-hydrogen) atoms. The first kappa shape index (κ1) is 30.8. The first-order valence-corrected chi connectivity index (χ1v) is 14.4. The Morgan fingerprint density at radius 2 is 1.60 bits per heavy atom. The van der Waals surface area contributed by atoms with Crippen molar-refractivity contribution in [1.29, 1.82) is 5.26 Å². The third-order valence-electron chi connectivity index (χ3n) is 7.51. The van der Waals surface area contributed by atoms with E-state index in [-0.39, 0.29) is 18.1 Å². The quantitative estimate of drug-likeness (QED) is 0.161. The molecule has 0 amide bonds. The van der Waals surface area contributed by atoms with Crippen LogP contribution in [-0.4, -0.2) is 37.2 Å². The van der Waals surface area contributed by atoms with Crippen molar-refractivity contribution >= 4 is 17.1 Å². The number of nitriles is 1. The molecule has 0 radical (unpaired) electrons. The molecule has 0 atom stereocenters. The van der Waals surface area contributed by atoms with Crippen LogP contribution in [0.25, 0.3) is 22.3 Å². The van der Waals surface area contributed by atoms with Crippen LogP contribution in [0.2, 0.25) is 0 Å². The third kappa shape index (κ3) is 6.22. The fourth-order valence-corrected chi connectivity index (χ4v) is 5.12. The highest BCUT2D eigenvalue weighted by Crippen LogP contribution is 2.39. The number of nitrogens with zero attached hydrogens (tertiary/aromatic N) is 4. The summed E-state index contributed by atoms with van der Waals surface area (Å²) in [6.45, 7) is 6.28. The molecule has 5 aromatic rings. The number of benzene rings is 4. The van der Waals surface area contributed by atoms with Crippen molar-refractivity contribution < 1.29 is 18.9 Å². The Morgan fingerprint density at radius 1 is 0.933 bits per heavy atom. The van der Waals surface area contributed by atoms with Crippen LogP contribution in [0.5, 0.6) is 23.0 Å². The Bertz CT molecular complexity index is 1980. The minimum Gasteiger partial charge on any atom is -0.496 e. The van der Waals surface area contributed by atoms with Crippen molar-refractivity contribution in [2.45, 2.75) is 33.3 Å². The van der Waals surface area contributed by atoms with Crippen LogP contribution in [0.4, 0.5) is 0 Å². The van der Waals surface area contributed by atoms with Gasteiger partial charge in [-0.25, -0.2) is 4.98 Å². The summed E-state index contributed by atoms with van der Waals surface area (Å²) in [5, 5.41) is 14.6. The number of aromatic nitrogens is 2. The van der Waals surface area contributed by atoms with E-state index in [0.29, 0.717) is 45.1 Å². The SMILES string of the molecule is COc1cc(C)c(-c2nc3ccccc3c(=O)n2N=Cc2cc(OC)c(OCc3ccccc3C#N)c(OC)c2)cc1C(C)C. The third-order valence-corrected chi connectivity index (χ3v) is 7.51. The number of fused-ring (bicyclic) bond motifs is 1. The largest absolute Gasteiger partial charge is 0.496 e. The predicted molar refractivity (Wildman–Crippen MR) is 175 cm³/mol. The summed E-state index contributed by atoms with van der Waals surface area (Å²) in [5.41, 5.74) is 4.81. The van der Waals surface area contributed by atoms with Gasteiger partial charge in [-0.05, 0) is 66.4 Å². The monoisotopic (exact) mass is 602 g/mol. The van der Waals surface area contributed by atoms with Gasteiger partial charge in [-0.15, -0.1) is 0 Å². The number of aryl methyl sites for hydroxylation is 1. The highest BCUT2D eigenvalue weighted by Gasteiger charge is 2.19. The molecule has 1 aromatic heterocycles. The van der Waals surface area contributed by atoms with Crippen molar-refractivity contribution in [2.75, 3.05) is 21.3 Å². The van der Waals surface area contributed by atoms with E-state index >= 15 is 0 Å². The average Bonchev–Trinajstić information content (AvgIpc) is 3.06. The van der Waals surface area contributed by atoms with E-state index in [1.807, 2.05) is 43.3 Å². The molecule has 228 valence electrons. The van der Waals surface area contributed by atoms with Crippen LogP contribution < -0.4 is 24.5 Å². The van der Waals surface area contributed by atoms with E-state index < -0.39 is 0 Å². The van der Waals surface area contributed by atoms with Gasteiger partial charge >= 0.3 is 0 Å². The van der Waals surface area contributed by atoms with Crippen LogP contribution in [0.15, 0.2) is 82.7 Å². The second-order valence-corrected chi connectivity index (χ2v) is 10.7. The molecule has 0 aliphatic heterocycles. The lowest BCUT2D eigenvalue weighted by molar-refractivity contribution is 0.265. The molecule has 0 aliphatic rings. The molecule has 9 heteroatoms. The molecule has 0 aliphatic carbocycles. The Kier molecular flexibility index (Phi) is 9.14. The van der Waals surface area contributed by atoms with Gasteiger partial charge in [0.1, 0.15) is 12.4 Å². The molecular weight excluding hydrogens is 568 g/mol. The first-order chi connectivity index (χ1) is 21.8. The second kappa shape index (κ2) is 13.3. The lowest BCUT2D eigenvalue weighted by Gasteiger charge is -2.17. The molecule has 0 fully saturated rings. The Hall–Kier alpha value is -5.62. The normalized spacial score (nSPS) is 11.2. The van der Waals surface area contributed by atoms with Gasteiger partial charge in [0.05, 0.1) is 50.1 Å². The zero-order chi connectivity index (χ0) is 32.1. The maximum Gasteiger partial charge on any atom is 0.282 e. The number of hydrogen-bond donors (Lipinski definition) is 0. The molecule has 0 spiro atoms. The van der Waals surface area contributed by atoms with E-state index in [1.54, 1.807) is 49.7 Å². The summed E-state index contributed by atoms with van der Waals surface area (Å²) in [5.74, 6) is 2.56. The zero-order valence-electron chi connectivity index (χ0n) is 26.1. The zero-order valence-corrected chi connectivity index (χ0v) is 26.1. The minimum absolute atomic E-state index is 0.144. The van der Waals surface area contributed by atoms with Gasteiger partial charge in [-0.3, -0.25) is 4.79 Å². The van der Waals surface area contributed by atoms with Gasteiger partial charge in [0.2, 0.25) is 5.75 Å². The van der Waals surface area contributed by atoms with Crippen LogP contribution >= 0.6 is 0 Å². The number of ether oxygens (including phenoxy) is 4. The summed E-state index contributed by atoms with van der Waals surface area (Å²) in [4.78, 5) is 18.8. The van der Waals surface area contributed by atoms with Crippen molar-refractivity contribution in [3.63, 3.8) is 0 Å². The van der Waals surface area contributed by atoms with Crippen LogP contribution in [0.1, 0.15) is 47.6 Å². The highest BCUT2D eigenvalue weighted by molar-refractivity contribution is 5.84. The number of rotatable bonds is 10. The lowest BCUT2D eigenvalue weighted by Crippen LogP contribution is -2.20. The number of para-hydroxylation sites is 1. The highest BCUT2D eigenvalue weighted by atomic mass is 16.5.